The Hall–Kier alpha value is -2.12. The molecule has 2 aromatic rings. The molecule has 3 nitrogen and oxygen atoms in total. The normalized spacial score (nSPS) is 15.1. The first kappa shape index (κ1) is 15.8. The molecule has 4 heteroatoms. The summed E-state index contributed by atoms with van der Waals surface area (Å²) in [7, 11) is 0. The molecule has 1 aliphatic heterocycles. The zero-order valence-corrected chi connectivity index (χ0v) is 14.3. The number of hydrogen-bond acceptors (Lipinski definition) is 3. The van der Waals surface area contributed by atoms with Crippen LogP contribution in [0.4, 0.5) is 0 Å². The van der Waals surface area contributed by atoms with Crippen molar-refractivity contribution < 1.29 is 4.79 Å². The Morgan fingerprint density at radius 1 is 1.22 bits per heavy atom. The van der Waals surface area contributed by atoms with E-state index in [0.29, 0.717) is 9.88 Å². The number of carbonyl (C=O) groups is 1. The zero-order valence-electron chi connectivity index (χ0n) is 13.5. The highest BCUT2D eigenvalue weighted by Crippen LogP contribution is 2.20. The van der Waals surface area contributed by atoms with Gasteiger partial charge in [0, 0.05) is 18.7 Å². The molecule has 23 heavy (non-hydrogen) atoms. The Balaban J connectivity index is 1.68. The van der Waals surface area contributed by atoms with Crippen LogP contribution in [0, 0.1) is 24.7 Å². The molecule has 1 aliphatic rings. The van der Waals surface area contributed by atoms with Crippen LogP contribution in [0.5, 0.6) is 0 Å². The standard InChI is InChI=1S/C19H20N2OS/c1-14-3-5-16(6-4-14)7-8-18-20-13-17(23-18)19(22)21-11-9-15(2)10-12-21/h3-6,13,15H,9-12H2,1-2H3. The number of aryl methyl sites for hydroxylation is 1. The molecule has 1 amide bonds. The Labute approximate surface area is 141 Å². The van der Waals surface area contributed by atoms with Crippen molar-refractivity contribution in [2.45, 2.75) is 26.7 Å². The van der Waals surface area contributed by atoms with Gasteiger partial charge in [-0.25, -0.2) is 4.98 Å². The van der Waals surface area contributed by atoms with Crippen LogP contribution in [0.1, 0.15) is 45.6 Å². The van der Waals surface area contributed by atoms with E-state index in [2.05, 4.69) is 30.7 Å². The van der Waals surface area contributed by atoms with Crippen molar-refractivity contribution in [3.8, 4) is 11.8 Å². The van der Waals surface area contributed by atoms with E-state index in [1.807, 2.05) is 29.2 Å². The van der Waals surface area contributed by atoms with Gasteiger partial charge in [0.15, 0.2) is 5.01 Å². The minimum Gasteiger partial charge on any atom is -0.338 e. The van der Waals surface area contributed by atoms with Gasteiger partial charge in [-0.05, 0) is 43.7 Å². The highest BCUT2D eigenvalue weighted by molar-refractivity contribution is 7.14. The number of aromatic nitrogens is 1. The van der Waals surface area contributed by atoms with Crippen molar-refractivity contribution in [3.05, 3.63) is 51.5 Å². The molecule has 3 rings (SSSR count). The van der Waals surface area contributed by atoms with Crippen molar-refractivity contribution in [1.29, 1.82) is 0 Å². The van der Waals surface area contributed by atoms with Crippen molar-refractivity contribution in [3.63, 3.8) is 0 Å². The van der Waals surface area contributed by atoms with Crippen molar-refractivity contribution in [1.82, 2.24) is 9.88 Å². The van der Waals surface area contributed by atoms with Crippen molar-refractivity contribution in [2.75, 3.05) is 13.1 Å². The average molecular weight is 324 g/mol. The van der Waals surface area contributed by atoms with Gasteiger partial charge in [0.2, 0.25) is 0 Å². The summed E-state index contributed by atoms with van der Waals surface area (Å²) in [4.78, 5) is 19.4. The van der Waals surface area contributed by atoms with E-state index in [-0.39, 0.29) is 5.91 Å². The van der Waals surface area contributed by atoms with Gasteiger partial charge in [0.05, 0.1) is 6.20 Å². The summed E-state index contributed by atoms with van der Waals surface area (Å²) in [6.45, 7) is 6.00. The minimum absolute atomic E-state index is 0.0952. The van der Waals surface area contributed by atoms with Gasteiger partial charge in [-0.2, -0.15) is 0 Å². The number of thiazole rings is 1. The molecular weight excluding hydrogens is 304 g/mol. The lowest BCUT2D eigenvalue weighted by Crippen LogP contribution is -2.37. The Morgan fingerprint density at radius 3 is 2.61 bits per heavy atom. The maximum atomic E-state index is 12.5. The summed E-state index contributed by atoms with van der Waals surface area (Å²) < 4.78 is 0. The quantitative estimate of drug-likeness (QED) is 0.749. The van der Waals surface area contributed by atoms with Gasteiger partial charge in [-0.3, -0.25) is 4.79 Å². The highest BCUT2D eigenvalue weighted by Gasteiger charge is 2.22. The van der Waals surface area contributed by atoms with Crippen molar-refractivity contribution >= 4 is 17.2 Å². The van der Waals surface area contributed by atoms with Gasteiger partial charge in [-0.1, -0.05) is 30.5 Å². The van der Waals surface area contributed by atoms with Crippen LogP contribution >= 0.6 is 11.3 Å². The maximum Gasteiger partial charge on any atom is 0.265 e. The Morgan fingerprint density at radius 2 is 1.91 bits per heavy atom. The molecule has 2 heterocycles. The molecule has 1 aromatic carbocycles. The van der Waals surface area contributed by atoms with Crippen LogP contribution in [0.3, 0.4) is 0 Å². The summed E-state index contributed by atoms with van der Waals surface area (Å²) in [6, 6.07) is 8.07. The molecule has 0 spiro atoms. The number of benzene rings is 1. The predicted molar refractivity (Wildman–Crippen MR) is 93.6 cm³/mol. The Bertz CT molecular complexity index is 744. The third-order valence-electron chi connectivity index (χ3n) is 4.15. The second kappa shape index (κ2) is 6.97. The first-order chi connectivity index (χ1) is 11.1. The van der Waals surface area contributed by atoms with Crippen LogP contribution in [0.2, 0.25) is 0 Å². The van der Waals surface area contributed by atoms with Crippen LogP contribution in [0.15, 0.2) is 30.5 Å². The molecule has 118 valence electrons. The largest absolute Gasteiger partial charge is 0.338 e. The lowest BCUT2D eigenvalue weighted by atomic mass is 9.99. The van der Waals surface area contributed by atoms with Gasteiger partial charge < -0.3 is 4.90 Å². The third-order valence-corrected chi connectivity index (χ3v) is 5.05. The molecule has 0 radical (unpaired) electrons. The first-order valence-corrected chi connectivity index (χ1v) is 8.77. The van der Waals surface area contributed by atoms with Crippen LogP contribution in [-0.4, -0.2) is 28.9 Å². The maximum absolute atomic E-state index is 12.5. The summed E-state index contributed by atoms with van der Waals surface area (Å²) >= 11 is 1.38. The van der Waals surface area contributed by atoms with Crippen LogP contribution < -0.4 is 0 Å². The number of amides is 1. The number of hydrogen-bond donors (Lipinski definition) is 0. The molecule has 1 fully saturated rings. The lowest BCUT2D eigenvalue weighted by Gasteiger charge is -2.29. The average Bonchev–Trinajstić information content (AvgIpc) is 3.03. The molecule has 0 aliphatic carbocycles. The summed E-state index contributed by atoms with van der Waals surface area (Å²) in [5.41, 5.74) is 2.18. The molecule has 0 atom stereocenters. The fourth-order valence-corrected chi connectivity index (χ4v) is 3.30. The third kappa shape index (κ3) is 4.00. The van der Waals surface area contributed by atoms with E-state index in [1.165, 1.54) is 16.9 Å². The van der Waals surface area contributed by atoms with Gasteiger partial charge >= 0.3 is 0 Å². The highest BCUT2D eigenvalue weighted by atomic mass is 32.1. The second-order valence-electron chi connectivity index (χ2n) is 6.12. The van der Waals surface area contributed by atoms with Gasteiger partial charge in [0.25, 0.3) is 5.91 Å². The van der Waals surface area contributed by atoms with E-state index in [1.54, 1.807) is 6.20 Å². The molecule has 0 saturated carbocycles. The van der Waals surface area contributed by atoms with Gasteiger partial charge in [0.1, 0.15) is 4.88 Å². The number of carbonyl (C=O) groups excluding carboxylic acids is 1. The molecular formula is C19H20N2OS. The first-order valence-electron chi connectivity index (χ1n) is 7.95. The molecule has 0 unspecified atom stereocenters. The Kier molecular flexibility index (Phi) is 4.78. The minimum atomic E-state index is 0.0952. The fraction of sp³-hybridized carbons (Fsp3) is 0.368. The van der Waals surface area contributed by atoms with E-state index in [9.17, 15) is 4.79 Å². The molecule has 0 bridgehead atoms. The van der Waals surface area contributed by atoms with E-state index >= 15 is 0 Å². The topological polar surface area (TPSA) is 33.2 Å². The SMILES string of the molecule is Cc1ccc(C#Cc2ncc(C(=O)N3CCC(C)CC3)s2)cc1. The number of likely N-dealkylation sites (tertiary alicyclic amines) is 1. The van der Waals surface area contributed by atoms with E-state index < -0.39 is 0 Å². The van der Waals surface area contributed by atoms with Crippen LogP contribution in [0.25, 0.3) is 0 Å². The molecule has 0 N–H and O–H groups in total. The molecule has 1 aromatic heterocycles. The number of rotatable bonds is 1. The summed E-state index contributed by atoms with van der Waals surface area (Å²) in [6.07, 6.45) is 3.83. The monoisotopic (exact) mass is 324 g/mol. The van der Waals surface area contributed by atoms with E-state index in [0.717, 1.165) is 37.4 Å². The summed E-state index contributed by atoms with van der Waals surface area (Å²) in [5, 5.41) is 0.694. The predicted octanol–water partition coefficient (Wildman–Crippen LogP) is 3.72. The molecule has 1 saturated heterocycles. The smallest absolute Gasteiger partial charge is 0.265 e. The fourth-order valence-electron chi connectivity index (χ4n) is 2.56. The number of piperidine rings is 1. The lowest BCUT2D eigenvalue weighted by molar-refractivity contribution is 0.0702. The number of nitrogens with zero attached hydrogens (tertiary/aromatic N) is 2. The van der Waals surface area contributed by atoms with Gasteiger partial charge in [-0.15, -0.1) is 11.3 Å². The second-order valence-corrected chi connectivity index (χ2v) is 7.15. The zero-order chi connectivity index (χ0) is 16.2. The van der Waals surface area contributed by atoms with Crippen molar-refractivity contribution in [2.24, 2.45) is 5.92 Å². The van der Waals surface area contributed by atoms with E-state index in [4.69, 9.17) is 0 Å². The van der Waals surface area contributed by atoms with Crippen LogP contribution in [-0.2, 0) is 0 Å². The summed E-state index contributed by atoms with van der Waals surface area (Å²) in [5.74, 6) is 6.97.